The van der Waals surface area contributed by atoms with Crippen LogP contribution in [0.3, 0.4) is 0 Å². The number of aromatic nitrogens is 3. The molecule has 9 aromatic rings. The summed E-state index contributed by atoms with van der Waals surface area (Å²) in [6.45, 7) is 0. The van der Waals surface area contributed by atoms with Gasteiger partial charge in [0.1, 0.15) is 15.7 Å². The molecule has 4 heteroatoms. The lowest BCUT2D eigenvalue weighted by atomic mass is 10.1. The summed E-state index contributed by atoms with van der Waals surface area (Å²) in [5, 5.41) is 7.09. The molecule has 3 heterocycles. The maximum Gasteiger partial charge on any atom is 0.129 e. The standard InChI is InChI=1S/C39H25N3S/c1-4-14-26(15-5-1)35-39(43-38(40-35)27-16-6-2-7-17-27)42-34-23-13-11-21-30(34)32-25-24-31-29-20-10-12-22-33(29)41(36(31)37(32)42)28-18-8-3-9-19-28/h1-25H. The van der Waals surface area contributed by atoms with E-state index in [-0.39, 0.29) is 0 Å². The molecule has 0 fully saturated rings. The smallest absolute Gasteiger partial charge is 0.129 e. The molecule has 0 unspecified atom stereocenters. The predicted molar refractivity (Wildman–Crippen MR) is 182 cm³/mol. The third-order valence-corrected chi connectivity index (χ3v) is 9.45. The molecular weight excluding hydrogens is 543 g/mol. The Hall–Kier alpha value is -5.45. The molecule has 0 N–H and O–H groups in total. The molecule has 0 atom stereocenters. The van der Waals surface area contributed by atoms with Gasteiger partial charge in [-0.25, -0.2) is 4.98 Å². The van der Waals surface area contributed by atoms with Gasteiger partial charge in [0.2, 0.25) is 0 Å². The predicted octanol–water partition coefficient (Wildman–Crippen LogP) is 10.7. The lowest BCUT2D eigenvalue weighted by molar-refractivity contribution is 1.16. The van der Waals surface area contributed by atoms with Crippen molar-refractivity contribution in [3.63, 3.8) is 0 Å². The van der Waals surface area contributed by atoms with Crippen LogP contribution in [0.4, 0.5) is 0 Å². The summed E-state index contributed by atoms with van der Waals surface area (Å²) in [5.74, 6) is 0. The molecule has 0 amide bonds. The van der Waals surface area contributed by atoms with Gasteiger partial charge in [-0.3, -0.25) is 4.57 Å². The van der Waals surface area contributed by atoms with Gasteiger partial charge in [-0.15, -0.1) is 0 Å². The van der Waals surface area contributed by atoms with Crippen molar-refractivity contribution >= 4 is 54.9 Å². The van der Waals surface area contributed by atoms with Crippen LogP contribution < -0.4 is 0 Å². The number of nitrogens with zero attached hydrogens (tertiary/aromatic N) is 3. The zero-order chi connectivity index (χ0) is 28.3. The molecule has 0 bridgehead atoms. The van der Waals surface area contributed by atoms with E-state index in [4.69, 9.17) is 4.98 Å². The minimum atomic E-state index is 0.992. The summed E-state index contributed by atoms with van der Waals surface area (Å²) in [5.41, 5.74) is 9.15. The van der Waals surface area contributed by atoms with Crippen molar-refractivity contribution in [2.24, 2.45) is 0 Å². The first-order valence-electron chi connectivity index (χ1n) is 14.5. The van der Waals surface area contributed by atoms with Crippen molar-refractivity contribution in [3.05, 3.63) is 152 Å². The van der Waals surface area contributed by atoms with Crippen LogP contribution >= 0.6 is 11.3 Å². The average Bonchev–Trinajstić information content (AvgIpc) is 3.76. The Morgan fingerprint density at radius 2 is 0.907 bits per heavy atom. The van der Waals surface area contributed by atoms with E-state index < -0.39 is 0 Å². The second kappa shape index (κ2) is 9.55. The SMILES string of the molecule is c1ccc(-c2nc(-c3ccccc3)c(-n3c4ccccc4c4ccc5c6ccccc6n(-c6ccccc6)c5c43)s2)cc1. The van der Waals surface area contributed by atoms with Gasteiger partial charge in [0, 0.05) is 38.4 Å². The van der Waals surface area contributed by atoms with Gasteiger partial charge < -0.3 is 4.57 Å². The molecule has 0 aliphatic carbocycles. The van der Waals surface area contributed by atoms with Crippen LogP contribution in [0.15, 0.2) is 152 Å². The normalized spacial score (nSPS) is 11.7. The summed E-state index contributed by atoms with van der Waals surface area (Å²) < 4.78 is 4.90. The number of benzene rings is 6. The Labute approximate surface area is 252 Å². The van der Waals surface area contributed by atoms with Crippen molar-refractivity contribution < 1.29 is 0 Å². The van der Waals surface area contributed by atoms with Gasteiger partial charge in [0.15, 0.2) is 0 Å². The van der Waals surface area contributed by atoms with Gasteiger partial charge >= 0.3 is 0 Å². The molecule has 202 valence electrons. The zero-order valence-corrected chi connectivity index (χ0v) is 24.0. The van der Waals surface area contributed by atoms with E-state index in [9.17, 15) is 0 Å². The van der Waals surface area contributed by atoms with E-state index in [2.05, 4.69) is 161 Å². The van der Waals surface area contributed by atoms with Crippen molar-refractivity contribution in [1.29, 1.82) is 0 Å². The quantitative estimate of drug-likeness (QED) is 0.207. The highest BCUT2D eigenvalue weighted by molar-refractivity contribution is 7.18. The van der Waals surface area contributed by atoms with Crippen LogP contribution in [-0.2, 0) is 0 Å². The van der Waals surface area contributed by atoms with Crippen molar-refractivity contribution in [3.8, 4) is 32.5 Å². The zero-order valence-electron chi connectivity index (χ0n) is 23.2. The number of rotatable bonds is 4. The first-order valence-corrected chi connectivity index (χ1v) is 15.3. The highest BCUT2D eigenvalue weighted by Crippen LogP contribution is 2.45. The topological polar surface area (TPSA) is 22.8 Å². The van der Waals surface area contributed by atoms with E-state index in [1.54, 1.807) is 11.3 Å². The van der Waals surface area contributed by atoms with Crippen LogP contribution in [0.1, 0.15) is 0 Å². The Kier molecular flexibility index (Phi) is 5.37. The summed E-state index contributed by atoms with van der Waals surface area (Å²) >= 11 is 1.75. The summed E-state index contributed by atoms with van der Waals surface area (Å²) in [4.78, 5) is 5.31. The van der Waals surface area contributed by atoms with Gasteiger partial charge in [-0.05, 0) is 24.3 Å². The minimum absolute atomic E-state index is 0.992. The molecule has 0 aliphatic rings. The van der Waals surface area contributed by atoms with Crippen molar-refractivity contribution in [2.45, 2.75) is 0 Å². The average molecular weight is 568 g/mol. The molecule has 6 aromatic carbocycles. The highest BCUT2D eigenvalue weighted by atomic mass is 32.1. The maximum absolute atomic E-state index is 5.31. The fourth-order valence-electron chi connectivity index (χ4n) is 6.51. The monoisotopic (exact) mass is 567 g/mol. The maximum atomic E-state index is 5.31. The molecule has 0 saturated heterocycles. The van der Waals surface area contributed by atoms with E-state index in [1.807, 2.05) is 0 Å². The summed E-state index contributed by atoms with van der Waals surface area (Å²) in [7, 11) is 0. The van der Waals surface area contributed by atoms with Gasteiger partial charge in [-0.2, -0.15) is 0 Å². The van der Waals surface area contributed by atoms with Gasteiger partial charge in [0.25, 0.3) is 0 Å². The van der Waals surface area contributed by atoms with Crippen LogP contribution in [0.5, 0.6) is 0 Å². The number of hydrogen-bond acceptors (Lipinski definition) is 2. The number of para-hydroxylation sites is 3. The Bertz CT molecular complexity index is 2430. The molecule has 0 aliphatic heterocycles. The van der Waals surface area contributed by atoms with Crippen LogP contribution in [0.25, 0.3) is 76.1 Å². The van der Waals surface area contributed by atoms with Crippen molar-refractivity contribution in [2.75, 3.05) is 0 Å². The lowest BCUT2D eigenvalue weighted by Crippen LogP contribution is -1.98. The molecule has 0 saturated carbocycles. The van der Waals surface area contributed by atoms with Gasteiger partial charge in [0.05, 0.1) is 22.1 Å². The van der Waals surface area contributed by atoms with E-state index in [0.29, 0.717) is 0 Å². The van der Waals surface area contributed by atoms with Crippen LogP contribution in [0.2, 0.25) is 0 Å². The fraction of sp³-hybridized carbons (Fsp3) is 0. The van der Waals surface area contributed by atoms with Crippen LogP contribution in [-0.4, -0.2) is 14.1 Å². The molecular formula is C39H25N3S. The summed E-state index contributed by atoms with van der Waals surface area (Å²) in [6, 6.07) is 54.0. The fourth-order valence-corrected chi connectivity index (χ4v) is 7.62. The second-order valence-corrected chi connectivity index (χ2v) is 11.8. The highest BCUT2D eigenvalue weighted by Gasteiger charge is 2.24. The molecule has 9 rings (SSSR count). The Morgan fingerprint density at radius 1 is 0.419 bits per heavy atom. The number of thiazole rings is 1. The first kappa shape index (κ1) is 24.2. The van der Waals surface area contributed by atoms with E-state index in [0.717, 1.165) is 32.5 Å². The molecule has 0 spiro atoms. The van der Waals surface area contributed by atoms with Crippen molar-refractivity contribution in [1.82, 2.24) is 14.1 Å². The van der Waals surface area contributed by atoms with E-state index >= 15 is 0 Å². The molecule has 0 radical (unpaired) electrons. The second-order valence-electron chi connectivity index (χ2n) is 10.8. The molecule has 3 nitrogen and oxygen atoms in total. The molecule has 3 aromatic heterocycles. The van der Waals surface area contributed by atoms with Crippen LogP contribution in [0, 0.1) is 0 Å². The molecule has 43 heavy (non-hydrogen) atoms. The first-order chi connectivity index (χ1) is 21.4. The third kappa shape index (κ3) is 3.64. The largest absolute Gasteiger partial charge is 0.307 e. The van der Waals surface area contributed by atoms with E-state index in [1.165, 1.54) is 43.6 Å². The summed E-state index contributed by atoms with van der Waals surface area (Å²) in [6.07, 6.45) is 0. The van der Waals surface area contributed by atoms with Gasteiger partial charge in [-0.1, -0.05) is 139 Å². The third-order valence-electron chi connectivity index (χ3n) is 8.36. The minimum Gasteiger partial charge on any atom is -0.307 e. The number of hydrogen-bond donors (Lipinski definition) is 0. The number of fused-ring (bicyclic) bond motifs is 7. The lowest BCUT2D eigenvalue weighted by Gasteiger charge is -2.12. The Morgan fingerprint density at radius 3 is 1.53 bits per heavy atom. The Balaban J connectivity index is 1.50.